The van der Waals surface area contributed by atoms with Gasteiger partial charge in [0.1, 0.15) is 5.75 Å². The Morgan fingerprint density at radius 2 is 1.69 bits per heavy atom. The lowest BCUT2D eigenvalue weighted by Crippen LogP contribution is -2.53. The third kappa shape index (κ3) is 6.40. The third-order valence-corrected chi connectivity index (χ3v) is 13.4. The first kappa shape index (κ1) is 32.1. The molecule has 0 spiro atoms. The maximum Gasteiger partial charge on any atom is 0.331 e. The van der Waals surface area contributed by atoms with Crippen LogP contribution in [0.15, 0.2) is 29.8 Å². The molecule has 4 fully saturated rings. The minimum absolute atomic E-state index is 0.151. The van der Waals surface area contributed by atoms with E-state index in [0.29, 0.717) is 28.9 Å². The fourth-order valence-corrected chi connectivity index (χ4v) is 11.1. The van der Waals surface area contributed by atoms with Gasteiger partial charge in [-0.25, -0.2) is 4.79 Å². The second-order valence-electron chi connectivity index (χ2n) is 15.7. The molecule has 1 aromatic rings. The summed E-state index contributed by atoms with van der Waals surface area (Å²) in [6.45, 7) is 13.2. The average molecular weight is 642 g/mol. The number of hydrogen-bond acceptors (Lipinski definition) is 2. The normalized spacial score (nSPS) is 37.1. The molecule has 1 aromatic carbocycles. The molecule has 0 heterocycles. The number of carboxylic acids is 1. The van der Waals surface area contributed by atoms with Crippen molar-refractivity contribution in [1.29, 1.82) is 0 Å². The Morgan fingerprint density at radius 3 is 2.38 bits per heavy atom. The summed E-state index contributed by atoms with van der Waals surface area (Å²) in [5, 5.41) is 11.1. The fraction of sp³-hybridized carbons (Fsp3) is 0.763. The number of ether oxygens (including phenoxy) is 1. The van der Waals surface area contributed by atoms with Crippen molar-refractivity contribution in [3.63, 3.8) is 0 Å². The first-order valence-electron chi connectivity index (χ1n) is 17.3. The van der Waals surface area contributed by atoms with Gasteiger partial charge in [0.15, 0.2) is 0 Å². The van der Waals surface area contributed by atoms with Crippen molar-refractivity contribution >= 4 is 28.0 Å². The van der Waals surface area contributed by atoms with Crippen LogP contribution in [0.4, 0.5) is 0 Å². The molecular weight excluding hydrogens is 584 g/mol. The Labute approximate surface area is 264 Å². The number of rotatable bonds is 11. The standard InChI is InChI=1S/C38H57BrO3/c1-25(2)7-6-8-26(3)33-15-16-34-31-14-11-29-24-28(17-19-37(29,4)35(31)18-20-38(33,34)5)32(36(40)41)23-27-9-12-30(13-10-27)42-22-21-39/h9-10,12-13,23,25-26,28-29,31,33-35H,6-8,11,14-22,24H2,1-5H3,(H,40,41)/t26-,28?,29?,31+,33-,34+,35+,37+,38-/m1/s1. The monoisotopic (exact) mass is 640 g/mol. The molecule has 9 atom stereocenters. The van der Waals surface area contributed by atoms with Crippen molar-refractivity contribution < 1.29 is 14.6 Å². The lowest BCUT2D eigenvalue weighted by atomic mass is 9.43. The summed E-state index contributed by atoms with van der Waals surface area (Å²) < 4.78 is 5.68. The molecule has 4 heteroatoms. The highest BCUT2D eigenvalue weighted by Gasteiger charge is 2.60. The van der Waals surface area contributed by atoms with Gasteiger partial charge in [0.25, 0.3) is 0 Å². The van der Waals surface area contributed by atoms with Crippen LogP contribution in [0.1, 0.15) is 117 Å². The molecule has 0 aliphatic heterocycles. The summed E-state index contributed by atoms with van der Waals surface area (Å²) in [6, 6.07) is 7.88. The number of aliphatic carboxylic acids is 1. The van der Waals surface area contributed by atoms with Gasteiger partial charge >= 0.3 is 5.97 Å². The van der Waals surface area contributed by atoms with Crippen LogP contribution in [0.2, 0.25) is 0 Å². The Morgan fingerprint density at radius 1 is 0.976 bits per heavy atom. The lowest BCUT2D eigenvalue weighted by molar-refractivity contribution is -0.135. The van der Waals surface area contributed by atoms with E-state index < -0.39 is 5.97 Å². The predicted molar refractivity (Wildman–Crippen MR) is 178 cm³/mol. The number of benzene rings is 1. The molecular formula is C38H57BrO3. The molecule has 1 N–H and O–H groups in total. The summed E-state index contributed by atoms with van der Waals surface area (Å²) in [7, 11) is 0. The lowest BCUT2D eigenvalue weighted by Gasteiger charge is -2.61. The zero-order valence-corrected chi connectivity index (χ0v) is 28.6. The van der Waals surface area contributed by atoms with Gasteiger partial charge in [0.05, 0.1) is 6.61 Å². The van der Waals surface area contributed by atoms with Crippen LogP contribution in [0, 0.1) is 58.2 Å². The van der Waals surface area contributed by atoms with Crippen LogP contribution in [-0.4, -0.2) is 23.0 Å². The molecule has 0 aromatic heterocycles. The van der Waals surface area contributed by atoms with Gasteiger partial charge in [0.2, 0.25) is 0 Å². The van der Waals surface area contributed by atoms with Gasteiger partial charge in [-0.15, -0.1) is 0 Å². The van der Waals surface area contributed by atoms with Crippen LogP contribution in [0.5, 0.6) is 5.75 Å². The largest absolute Gasteiger partial charge is 0.493 e. The molecule has 0 amide bonds. The minimum atomic E-state index is -0.746. The number of hydrogen-bond donors (Lipinski definition) is 1. The molecule has 0 saturated heterocycles. The van der Waals surface area contributed by atoms with Crippen LogP contribution in [0.25, 0.3) is 6.08 Å². The second-order valence-corrected chi connectivity index (χ2v) is 16.5. The quantitative estimate of drug-likeness (QED) is 0.193. The van der Waals surface area contributed by atoms with Crippen LogP contribution in [0.3, 0.4) is 0 Å². The third-order valence-electron chi connectivity index (χ3n) is 13.1. The van der Waals surface area contributed by atoms with Gasteiger partial charge in [0, 0.05) is 10.9 Å². The Balaban J connectivity index is 1.26. The van der Waals surface area contributed by atoms with Gasteiger partial charge in [-0.05, 0) is 140 Å². The van der Waals surface area contributed by atoms with E-state index in [1.54, 1.807) is 0 Å². The van der Waals surface area contributed by atoms with E-state index in [-0.39, 0.29) is 5.92 Å². The van der Waals surface area contributed by atoms with Crippen molar-refractivity contribution in [2.75, 3.05) is 11.9 Å². The molecule has 0 radical (unpaired) electrons. The Hall–Kier alpha value is -1.29. The summed E-state index contributed by atoms with van der Waals surface area (Å²) in [5.41, 5.74) is 2.47. The number of carbonyl (C=O) groups is 1. The molecule has 4 aliphatic rings. The predicted octanol–water partition coefficient (Wildman–Crippen LogP) is 10.7. The molecule has 42 heavy (non-hydrogen) atoms. The topological polar surface area (TPSA) is 46.5 Å². The van der Waals surface area contributed by atoms with Crippen molar-refractivity contribution in [3.05, 3.63) is 35.4 Å². The number of fused-ring (bicyclic) bond motifs is 5. The van der Waals surface area contributed by atoms with E-state index in [4.69, 9.17) is 4.74 Å². The van der Waals surface area contributed by atoms with E-state index in [1.807, 2.05) is 30.3 Å². The summed E-state index contributed by atoms with van der Waals surface area (Å²) in [5.74, 6) is 6.08. The highest BCUT2D eigenvalue weighted by molar-refractivity contribution is 9.09. The van der Waals surface area contributed by atoms with E-state index in [1.165, 1.54) is 64.2 Å². The molecule has 4 aliphatic carbocycles. The molecule has 5 rings (SSSR count). The van der Waals surface area contributed by atoms with Gasteiger partial charge < -0.3 is 9.84 Å². The van der Waals surface area contributed by atoms with Crippen molar-refractivity contribution in [2.24, 2.45) is 58.2 Å². The zero-order valence-electron chi connectivity index (χ0n) is 27.0. The number of alkyl halides is 1. The summed E-state index contributed by atoms with van der Waals surface area (Å²) in [6.07, 6.45) is 17.7. The smallest absolute Gasteiger partial charge is 0.331 e. The van der Waals surface area contributed by atoms with Crippen LogP contribution < -0.4 is 4.74 Å². The highest BCUT2D eigenvalue weighted by Crippen LogP contribution is 2.69. The Kier molecular flexibility index (Phi) is 10.2. The molecule has 4 saturated carbocycles. The van der Waals surface area contributed by atoms with E-state index >= 15 is 0 Å². The SMILES string of the molecule is CC(C)CCC[C@@H](C)[C@H]1CC[C@H]2[C@@H]3CCC4CC(C(=Cc5ccc(OCCBr)cc5)C(=O)O)CC[C@]4(C)[C@H]3CC[C@]12C. The fourth-order valence-electron chi connectivity index (χ4n) is 10.9. The summed E-state index contributed by atoms with van der Waals surface area (Å²) in [4.78, 5) is 12.5. The average Bonchev–Trinajstić information content (AvgIpc) is 3.32. The van der Waals surface area contributed by atoms with Crippen molar-refractivity contribution in [2.45, 2.75) is 112 Å². The number of halogens is 1. The number of carboxylic acid groups (broad SMARTS) is 1. The van der Waals surface area contributed by atoms with E-state index in [9.17, 15) is 9.90 Å². The first-order chi connectivity index (χ1) is 20.1. The summed E-state index contributed by atoms with van der Waals surface area (Å²) >= 11 is 3.39. The maximum atomic E-state index is 12.5. The minimum Gasteiger partial charge on any atom is -0.493 e. The van der Waals surface area contributed by atoms with Crippen molar-refractivity contribution in [3.8, 4) is 5.75 Å². The van der Waals surface area contributed by atoms with Gasteiger partial charge in [-0.2, -0.15) is 0 Å². The first-order valence-corrected chi connectivity index (χ1v) is 18.4. The van der Waals surface area contributed by atoms with E-state index in [2.05, 4.69) is 50.5 Å². The van der Waals surface area contributed by atoms with Crippen molar-refractivity contribution in [1.82, 2.24) is 0 Å². The molecule has 0 bridgehead atoms. The molecule has 3 nitrogen and oxygen atoms in total. The van der Waals surface area contributed by atoms with Gasteiger partial charge in [-0.1, -0.05) is 81.9 Å². The zero-order chi connectivity index (χ0) is 30.1. The Bertz CT molecular complexity index is 1090. The maximum absolute atomic E-state index is 12.5. The highest BCUT2D eigenvalue weighted by atomic mass is 79.9. The van der Waals surface area contributed by atoms with E-state index in [0.717, 1.165) is 65.0 Å². The van der Waals surface area contributed by atoms with Gasteiger partial charge in [-0.3, -0.25) is 0 Å². The molecule has 234 valence electrons. The van der Waals surface area contributed by atoms with Crippen LogP contribution >= 0.6 is 15.9 Å². The second kappa shape index (κ2) is 13.4. The molecule has 2 unspecified atom stereocenters. The van der Waals surface area contributed by atoms with Crippen LogP contribution in [-0.2, 0) is 4.79 Å².